The van der Waals surface area contributed by atoms with Crippen LogP contribution in [0.25, 0.3) is 0 Å². The molecule has 0 saturated heterocycles. The van der Waals surface area contributed by atoms with Crippen molar-refractivity contribution >= 4 is 17.5 Å². The molecule has 1 rings (SSSR count). The van der Waals surface area contributed by atoms with E-state index in [-0.39, 0.29) is 0 Å². The first-order valence-electron chi connectivity index (χ1n) is 4.81. The average Bonchev–Trinajstić information content (AvgIpc) is 2.23. The minimum atomic E-state index is -0.539. The van der Waals surface area contributed by atoms with Gasteiger partial charge < -0.3 is 15.8 Å². The number of carbonyl (C=O) groups excluding carboxylic acids is 1. The number of ether oxygens (including phenoxy) is 1. The number of aryl methyl sites for hydroxylation is 1. The molecule has 0 aliphatic carbocycles. The second kappa shape index (κ2) is 5.18. The molecule has 4 nitrogen and oxygen atoms in total. The number of methoxy groups -OCH3 is 1. The topological polar surface area (TPSA) is 64.3 Å². The van der Waals surface area contributed by atoms with Crippen LogP contribution in [0.3, 0.4) is 0 Å². The molecule has 0 aromatic heterocycles. The van der Waals surface area contributed by atoms with Crippen molar-refractivity contribution in [2.75, 3.05) is 14.2 Å². The van der Waals surface area contributed by atoms with Crippen LogP contribution >= 0.6 is 11.6 Å². The molecular weight excluding hydrogens is 228 g/mol. The molecule has 3 N–H and O–H groups in total. The predicted molar refractivity (Wildman–Crippen MR) is 63.7 cm³/mol. The number of nitrogens with two attached hydrogens (primary N) is 1. The van der Waals surface area contributed by atoms with Gasteiger partial charge in [0.15, 0.2) is 0 Å². The van der Waals surface area contributed by atoms with E-state index in [1.54, 1.807) is 26.3 Å². The third-order valence-corrected chi connectivity index (χ3v) is 2.72. The van der Waals surface area contributed by atoms with Crippen LogP contribution in [0.5, 0.6) is 5.75 Å². The van der Waals surface area contributed by atoms with E-state index in [9.17, 15) is 4.79 Å². The maximum Gasteiger partial charge on any atom is 0.239 e. The van der Waals surface area contributed by atoms with Crippen molar-refractivity contribution < 1.29 is 9.53 Å². The van der Waals surface area contributed by atoms with Gasteiger partial charge in [-0.1, -0.05) is 11.6 Å². The number of amides is 1. The number of halogens is 1. The second-order valence-corrected chi connectivity index (χ2v) is 3.87. The Labute approximate surface area is 99.7 Å². The van der Waals surface area contributed by atoms with Crippen LogP contribution in [0.4, 0.5) is 0 Å². The van der Waals surface area contributed by atoms with Crippen LogP contribution in [0.15, 0.2) is 12.1 Å². The zero-order valence-electron chi connectivity index (χ0n) is 9.50. The molecule has 0 spiro atoms. The molecule has 0 aliphatic rings. The zero-order chi connectivity index (χ0) is 12.3. The lowest BCUT2D eigenvalue weighted by atomic mass is 10.0. The standard InChI is InChI=1S/C11H15ClN2O2/c1-6-4-9(16-3)8(12)5-7(6)10(14-2)11(13)15/h4-5,10,14H,1-3H3,(H2,13,15). The number of primary amides is 1. The highest BCUT2D eigenvalue weighted by atomic mass is 35.5. The minimum absolute atomic E-state index is 0.438. The predicted octanol–water partition coefficient (Wildman–Crippen LogP) is 1.40. The van der Waals surface area contributed by atoms with Crippen LogP contribution in [0, 0.1) is 6.92 Å². The van der Waals surface area contributed by atoms with E-state index < -0.39 is 11.9 Å². The molecule has 1 unspecified atom stereocenters. The Morgan fingerprint density at radius 1 is 1.56 bits per heavy atom. The maximum absolute atomic E-state index is 11.2. The summed E-state index contributed by atoms with van der Waals surface area (Å²) in [4.78, 5) is 11.2. The Bertz CT molecular complexity index is 407. The summed E-state index contributed by atoms with van der Waals surface area (Å²) in [7, 11) is 3.22. The number of benzene rings is 1. The maximum atomic E-state index is 11.2. The summed E-state index contributed by atoms with van der Waals surface area (Å²) in [5.74, 6) is 0.147. The third kappa shape index (κ3) is 2.46. The summed E-state index contributed by atoms with van der Waals surface area (Å²) in [6.07, 6.45) is 0. The van der Waals surface area contributed by atoms with Gasteiger partial charge in [0, 0.05) is 0 Å². The second-order valence-electron chi connectivity index (χ2n) is 3.47. The van der Waals surface area contributed by atoms with Crippen molar-refractivity contribution in [2.24, 2.45) is 5.73 Å². The molecule has 88 valence electrons. The van der Waals surface area contributed by atoms with Gasteiger partial charge in [-0.3, -0.25) is 4.79 Å². The van der Waals surface area contributed by atoms with Crippen LogP contribution in [0.1, 0.15) is 17.2 Å². The number of likely N-dealkylation sites (N-methyl/N-ethyl adjacent to an activating group) is 1. The Morgan fingerprint density at radius 2 is 2.19 bits per heavy atom. The molecule has 1 aromatic rings. The van der Waals surface area contributed by atoms with Crippen LogP contribution < -0.4 is 15.8 Å². The number of rotatable bonds is 4. The molecule has 0 radical (unpaired) electrons. The van der Waals surface area contributed by atoms with Gasteiger partial charge in [-0.25, -0.2) is 0 Å². The Hall–Kier alpha value is -1.26. The summed E-state index contributed by atoms with van der Waals surface area (Å²) in [5, 5.41) is 3.31. The Morgan fingerprint density at radius 3 is 2.62 bits per heavy atom. The van der Waals surface area contributed by atoms with E-state index >= 15 is 0 Å². The fraction of sp³-hybridized carbons (Fsp3) is 0.364. The van der Waals surface area contributed by atoms with Gasteiger partial charge in [0.1, 0.15) is 11.8 Å². The quantitative estimate of drug-likeness (QED) is 0.839. The van der Waals surface area contributed by atoms with E-state index in [0.29, 0.717) is 10.8 Å². The number of hydrogen-bond acceptors (Lipinski definition) is 3. The first-order chi connectivity index (χ1) is 7.51. The molecule has 1 atom stereocenters. The van der Waals surface area contributed by atoms with Gasteiger partial charge in [-0.05, 0) is 37.2 Å². The van der Waals surface area contributed by atoms with Gasteiger partial charge >= 0.3 is 0 Å². The monoisotopic (exact) mass is 242 g/mol. The molecule has 0 fully saturated rings. The van der Waals surface area contributed by atoms with Crippen molar-refractivity contribution in [1.82, 2.24) is 5.32 Å². The van der Waals surface area contributed by atoms with E-state index in [1.165, 1.54) is 0 Å². The Balaban J connectivity index is 3.24. The summed E-state index contributed by atoms with van der Waals surface area (Å²) in [6.45, 7) is 1.88. The van der Waals surface area contributed by atoms with Gasteiger partial charge in [0.2, 0.25) is 5.91 Å². The SMILES string of the molecule is CNC(C(N)=O)c1cc(Cl)c(OC)cc1C. The number of hydrogen-bond donors (Lipinski definition) is 2. The first kappa shape index (κ1) is 12.8. The van der Waals surface area contributed by atoms with Gasteiger partial charge in [0.05, 0.1) is 12.1 Å². The molecule has 16 heavy (non-hydrogen) atoms. The van der Waals surface area contributed by atoms with E-state index in [1.807, 2.05) is 6.92 Å². The lowest BCUT2D eigenvalue weighted by Gasteiger charge is -2.17. The van der Waals surface area contributed by atoms with Crippen LogP contribution in [-0.4, -0.2) is 20.1 Å². The highest BCUT2D eigenvalue weighted by Crippen LogP contribution is 2.30. The summed E-state index contributed by atoms with van der Waals surface area (Å²) in [6, 6.07) is 2.94. The largest absolute Gasteiger partial charge is 0.495 e. The summed E-state index contributed by atoms with van der Waals surface area (Å²) < 4.78 is 5.09. The summed E-state index contributed by atoms with van der Waals surface area (Å²) in [5.41, 5.74) is 6.96. The molecule has 0 heterocycles. The van der Waals surface area contributed by atoms with Crippen LogP contribution in [-0.2, 0) is 4.79 Å². The van der Waals surface area contributed by atoms with Gasteiger partial charge in [0.25, 0.3) is 0 Å². The molecule has 0 saturated carbocycles. The van der Waals surface area contributed by atoms with Crippen molar-refractivity contribution in [3.8, 4) is 5.75 Å². The first-order valence-corrected chi connectivity index (χ1v) is 5.19. The molecule has 1 aromatic carbocycles. The fourth-order valence-corrected chi connectivity index (χ4v) is 1.84. The normalized spacial score (nSPS) is 12.2. The zero-order valence-corrected chi connectivity index (χ0v) is 10.3. The van der Waals surface area contributed by atoms with E-state index in [2.05, 4.69) is 5.32 Å². The molecule has 0 bridgehead atoms. The smallest absolute Gasteiger partial charge is 0.239 e. The summed E-state index contributed by atoms with van der Waals surface area (Å²) >= 11 is 6.00. The number of nitrogens with one attached hydrogen (secondary N) is 1. The minimum Gasteiger partial charge on any atom is -0.495 e. The van der Waals surface area contributed by atoms with Gasteiger partial charge in [-0.15, -0.1) is 0 Å². The van der Waals surface area contributed by atoms with Crippen molar-refractivity contribution in [1.29, 1.82) is 0 Å². The fourth-order valence-electron chi connectivity index (χ4n) is 1.59. The third-order valence-electron chi connectivity index (χ3n) is 2.42. The van der Waals surface area contributed by atoms with Crippen LogP contribution in [0.2, 0.25) is 5.02 Å². The Kier molecular flexibility index (Phi) is 4.15. The lowest BCUT2D eigenvalue weighted by Crippen LogP contribution is -2.31. The lowest BCUT2D eigenvalue weighted by molar-refractivity contribution is -0.120. The molecular formula is C11H15ClN2O2. The van der Waals surface area contributed by atoms with Gasteiger partial charge in [-0.2, -0.15) is 0 Å². The molecule has 5 heteroatoms. The number of carbonyl (C=O) groups is 1. The highest BCUT2D eigenvalue weighted by molar-refractivity contribution is 6.32. The van der Waals surface area contributed by atoms with Crippen molar-refractivity contribution in [2.45, 2.75) is 13.0 Å². The molecule has 0 aliphatic heterocycles. The average molecular weight is 243 g/mol. The van der Waals surface area contributed by atoms with E-state index in [4.69, 9.17) is 22.1 Å². The van der Waals surface area contributed by atoms with Crippen molar-refractivity contribution in [3.05, 3.63) is 28.3 Å². The highest BCUT2D eigenvalue weighted by Gasteiger charge is 2.19. The van der Waals surface area contributed by atoms with Crippen molar-refractivity contribution in [3.63, 3.8) is 0 Å². The molecule has 1 amide bonds. The van der Waals surface area contributed by atoms with E-state index in [0.717, 1.165) is 11.1 Å².